The van der Waals surface area contributed by atoms with Gasteiger partial charge in [0.1, 0.15) is 12.1 Å². The number of carbonyl (C=O) groups is 3. The molecule has 0 unspecified atom stereocenters. The molecule has 0 aromatic carbocycles. The monoisotopic (exact) mass is 573 g/mol. The zero-order chi connectivity index (χ0) is 28.9. The van der Waals surface area contributed by atoms with E-state index in [1.165, 1.54) is 28.5 Å². The lowest BCUT2D eigenvalue weighted by Crippen LogP contribution is -2.52. The Hall–Kier alpha value is -3.16. The number of alkyl halides is 2. The lowest BCUT2D eigenvalue weighted by Gasteiger charge is -2.43. The average molecular weight is 574 g/mol. The van der Waals surface area contributed by atoms with Gasteiger partial charge in [0.2, 0.25) is 0 Å². The number of nitrogens with zero attached hydrogens (tertiary/aromatic N) is 5. The van der Waals surface area contributed by atoms with Crippen molar-refractivity contribution in [3.05, 3.63) is 24.0 Å². The lowest BCUT2D eigenvalue weighted by atomic mass is 9.92. The van der Waals surface area contributed by atoms with E-state index in [0.717, 1.165) is 41.7 Å². The van der Waals surface area contributed by atoms with Crippen LogP contribution < -0.4 is 4.90 Å². The molecule has 0 radical (unpaired) electrons. The predicted octanol–water partition coefficient (Wildman–Crippen LogP) is 5.17. The average Bonchev–Trinajstić information content (AvgIpc) is 3.28. The van der Waals surface area contributed by atoms with Gasteiger partial charge in [-0.1, -0.05) is 19.3 Å². The minimum atomic E-state index is -2.53. The minimum Gasteiger partial charge on any atom is -0.480 e. The highest BCUT2D eigenvalue weighted by atomic mass is 32.2. The van der Waals surface area contributed by atoms with Crippen LogP contribution in [0.1, 0.15) is 63.2 Å². The molecule has 0 spiro atoms. The highest BCUT2D eigenvalue weighted by Gasteiger charge is 2.36. The predicted molar refractivity (Wildman–Crippen MR) is 142 cm³/mol. The number of pyridine rings is 1. The Labute approximate surface area is 229 Å². The number of anilines is 1. The van der Waals surface area contributed by atoms with E-state index >= 15 is 0 Å². The Kier molecular flexibility index (Phi) is 9.97. The zero-order valence-corrected chi connectivity index (χ0v) is 23.2. The summed E-state index contributed by atoms with van der Waals surface area (Å²) in [5, 5.41) is 9.88. The smallest absolute Gasteiger partial charge is 0.410 e. The summed E-state index contributed by atoms with van der Waals surface area (Å²) in [6, 6.07) is 2.00. The van der Waals surface area contributed by atoms with Crippen molar-refractivity contribution in [2.75, 3.05) is 31.7 Å². The van der Waals surface area contributed by atoms with Crippen molar-refractivity contribution >= 4 is 47.0 Å². The summed E-state index contributed by atoms with van der Waals surface area (Å²) >= 11 is 0.0648. The lowest BCUT2D eigenvalue weighted by molar-refractivity contribution is -0.137. The van der Waals surface area contributed by atoms with E-state index in [2.05, 4.69) is 9.88 Å². The molecular formula is C25H34F3N5O5S. The van der Waals surface area contributed by atoms with Crippen LogP contribution >= 0.6 is 12.3 Å². The maximum absolute atomic E-state index is 13.1. The van der Waals surface area contributed by atoms with Gasteiger partial charge in [-0.25, -0.2) is 22.5 Å². The number of fused-ring (bicyclic) bond motifs is 3. The van der Waals surface area contributed by atoms with Gasteiger partial charge in [0.25, 0.3) is 12.3 Å². The number of hydrogen-bond acceptors (Lipinski definition) is 7. The molecule has 4 rings (SSSR count). The number of halogens is 3. The molecule has 1 N–H and O–H groups in total. The van der Waals surface area contributed by atoms with Gasteiger partial charge in [0, 0.05) is 30.9 Å². The van der Waals surface area contributed by atoms with Gasteiger partial charge < -0.3 is 24.5 Å². The number of aromatic nitrogens is 2. The number of carboxylic acids is 1. The molecule has 14 heteroatoms. The van der Waals surface area contributed by atoms with Gasteiger partial charge in [-0.05, 0) is 39.7 Å². The molecule has 2 amide bonds. The van der Waals surface area contributed by atoms with Crippen LogP contribution in [0.15, 0.2) is 18.5 Å². The van der Waals surface area contributed by atoms with Crippen molar-refractivity contribution in [2.45, 2.75) is 70.9 Å². The molecule has 39 heavy (non-hydrogen) atoms. The van der Waals surface area contributed by atoms with Gasteiger partial charge in [-0.2, -0.15) is 0 Å². The van der Waals surface area contributed by atoms with Crippen LogP contribution in [0.5, 0.6) is 0 Å². The summed E-state index contributed by atoms with van der Waals surface area (Å²) in [6.45, 7) is 4.33. The molecule has 2 aliphatic rings. The van der Waals surface area contributed by atoms with Crippen LogP contribution in [0.25, 0.3) is 11.0 Å². The van der Waals surface area contributed by atoms with Crippen molar-refractivity contribution in [1.82, 2.24) is 18.8 Å². The molecule has 0 atom stereocenters. The fourth-order valence-corrected chi connectivity index (χ4v) is 4.98. The van der Waals surface area contributed by atoms with E-state index in [1.54, 1.807) is 33.0 Å². The maximum Gasteiger partial charge on any atom is 0.410 e. The summed E-state index contributed by atoms with van der Waals surface area (Å²) < 4.78 is 43.0. The molecule has 3 heterocycles. The Morgan fingerprint density at radius 2 is 1.92 bits per heavy atom. The molecule has 1 saturated carbocycles. The van der Waals surface area contributed by atoms with Crippen LogP contribution in [0.3, 0.4) is 0 Å². The van der Waals surface area contributed by atoms with E-state index in [9.17, 15) is 27.1 Å². The normalized spacial score (nSPS) is 16.2. The summed E-state index contributed by atoms with van der Waals surface area (Å²) in [6.07, 6.45) is 5.18. The van der Waals surface area contributed by atoms with Gasteiger partial charge in [0.05, 0.1) is 24.5 Å². The van der Waals surface area contributed by atoms with Crippen molar-refractivity contribution in [3.8, 4) is 0 Å². The first-order valence-corrected chi connectivity index (χ1v) is 13.3. The SMILES string of the molecule is CN(CC(F)F)C(=O)OC(C)(C)C.O=C(O)CN1CN(C2CCCCC2)c2c(cnc3c2ccn3SF)C1=O. The first kappa shape index (κ1) is 30.4. The van der Waals surface area contributed by atoms with Crippen molar-refractivity contribution in [3.63, 3.8) is 0 Å². The van der Waals surface area contributed by atoms with E-state index in [4.69, 9.17) is 9.84 Å². The number of carbonyl (C=O) groups excluding carboxylic acids is 2. The molecule has 1 fully saturated rings. The van der Waals surface area contributed by atoms with Crippen LogP contribution in [-0.2, 0) is 9.53 Å². The van der Waals surface area contributed by atoms with Crippen LogP contribution in [0.2, 0.25) is 0 Å². The van der Waals surface area contributed by atoms with Gasteiger partial charge in [0.15, 0.2) is 18.0 Å². The van der Waals surface area contributed by atoms with E-state index < -0.39 is 30.6 Å². The Morgan fingerprint density at radius 1 is 1.26 bits per heavy atom. The Balaban J connectivity index is 0.000000276. The fraction of sp³-hybridized carbons (Fsp3) is 0.600. The second-order valence-corrected chi connectivity index (χ2v) is 11.1. The molecule has 0 bridgehead atoms. The number of amides is 2. The molecular weight excluding hydrogens is 539 g/mol. The highest BCUT2D eigenvalue weighted by Crippen LogP contribution is 2.39. The summed E-state index contributed by atoms with van der Waals surface area (Å²) in [7, 11) is 1.28. The van der Waals surface area contributed by atoms with Gasteiger partial charge in [-0.3, -0.25) is 9.59 Å². The Morgan fingerprint density at radius 3 is 2.49 bits per heavy atom. The minimum absolute atomic E-state index is 0.0648. The topological polar surface area (TPSA) is 108 Å². The van der Waals surface area contributed by atoms with Gasteiger partial charge >= 0.3 is 12.1 Å². The third-order valence-electron chi connectivity index (χ3n) is 6.31. The second-order valence-electron chi connectivity index (χ2n) is 10.5. The number of ether oxygens (including phenoxy) is 1. The number of hydrogen-bond donors (Lipinski definition) is 1. The molecule has 1 aliphatic carbocycles. The molecule has 2 aromatic rings. The number of rotatable bonds is 6. The molecule has 216 valence electrons. The summed E-state index contributed by atoms with van der Waals surface area (Å²) in [5.41, 5.74) is 0.961. The second kappa shape index (κ2) is 12.8. The third kappa shape index (κ3) is 7.70. The number of aliphatic carboxylic acids is 1. The summed E-state index contributed by atoms with van der Waals surface area (Å²) in [4.78, 5) is 43.6. The van der Waals surface area contributed by atoms with Crippen molar-refractivity contribution in [1.29, 1.82) is 0 Å². The largest absolute Gasteiger partial charge is 0.480 e. The first-order chi connectivity index (χ1) is 18.3. The van der Waals surface area contributed by atoms with Gasteiger partial charge in [-0.15, -0.1) is 3.89 Å². The fourth-order valence-electron chi connectivity index (χ4n) is 4.66. The quantitative estimate of drug-likeness (QED) is 0.504. The zero-order valence-electron chi connectivity index (χ0n) is 22.4. The van der Waals surface area contributed by atoms with Crippen molar-refractivity contribution in [2.24, 2.45) is 0 Å². The maximum atomic E-state index is 13.1. The highest BCUT2D eigenvalue weighted by molar-refractivity contribution is 7.92. The van der Waals surface area contributed by atoms with E-state index in [-0.39, 0.29) is 37.5 Å². The summed E-state index contributed by atoms with van der Waals surface area (Å²) in [5.74, 6) is -1.39. The van der Waals surface area contributed by atoms with E-state index in [1.807, 2.05) is 0 Å². The first-order valence-electron chi connectivity index (χ1n) is 12.6. The van der Waals surface area contributed by atoms with E-state index in [0.29, 0.717) is 11.2 Å². The molecule has 0 saturated heterocycles. The third-order valence-corrected chi connectivity index (χ3v) is 6.76. The van der Waals surface area contributed by atoms with Crippen LogP contribution in [0.4, 0.5) is 23.1 Å². The standard InChI is InChI=1S/C17H19FN4O3S.C8H15F2NO2/c18-26-22-7-6-12-15-13(8-19-16(12)22)17(25)20(9-14(23)24)10-21(15)11-4-2-1-3-5-11;1-8(2,3)13-7(12)11(4)5-6(9)10/h6-8,11H,1-5,9-10H2,(H,23,24);6H,5H2,1-4H3. The molecule has 2 aromatic heterocycles. The molecule has 10 nitrogen and oxygen atoms in total. The van der Waals surface area contributed by atoms with Crippen LogP contribution in [0, 0.1) is 0 Å². The molecule has 1 aliphatic heterocycles. The van der Waals surface area contributed by atoms with Crippen molar-refractivity contribution < 1.29 is 36.9 Å². The Bertz CT molecular complexity index is 1180. The number of carboxylic acid groups (broad SMARTS) is 1. The van der Waals surface area contributed by atoms with Crippen LogP contribution in [-0.4, -0.2) is 86.7 Å².